The van der Waals surface area contributed by atoms with E-state index in [9.17, 15) is 0 Å². The maximum absolute atomic E-state index is 5.97. The van der Waals surface area contributed by atoms with E-state index >= 15 is 0 Å². The molecule has 2 rings (SSSR count). The largest absolute Gasteiger partial charge is 0.397 e. The third-order valence-corrected chi connectivity index (χ3v) is 4.48. The van der Waals surface area contributed by atoms with Crippen molar-refractivity contribution in [2.24, 2.45) is 0 Å². The molecule has 1 aliphatic heterocycles. The van der Waals surface area contributed by atoms with Gasteiger partial charge in [0.15, 0.2) is 0 Å². The van der Waals surface area contributed by atoms with Crippen LogP contribution >= 0.6 is 31.9 Å². The summed E-state index contributed by atoms with van der Waals surface area (Å²) in [4.78, 5) is 6.79. The van der Waals surface area contributed by atoms with Crippen molar-refractivity contribution in [2.75, 3.05) is 17.2 Å². The first-order valence-corrected chi connectivity index (χ1v) is 7.06. The third-order valence-electron chi connectivity index (χ3n) is 3.07. The van der Waals surface area contributed by atoms with Crippen LogP contribution in [0.3, 0.4) is 0 Å². The highest BCUT2D eigenvalue weighted by molar-refractivity contribution is 9.11. The van der Waals surface area contributed by atoms with Crippen LogP contribution in [0.25, 0.3) is 0 Å². The molecule has 1 unspecified atom stereocenters. The van der Waals surface area contributed by atoms with E-state index in [0.29, 0.717) is 6.04 Å². The Balaban J connectivity index is 2.36. The standard InChI is InChI=1S/C11H15Br2N3/c1-7-4-2-3-5-16(7)11-9(13)10(14)8(12)6-15-11/h6-7H,2-5H2,1H3,(H2,14,15). The van der Waals surface area contributed by atoms with Crippen molar-refractivity contribution in [2.45, 2.75) is 32.2 Å². The van der Waals surface area contributed by atoms with Gasteiger partial charge in [-0.1, -0.05) is 0 Å². The molecule has 1 aromatic heterocycles. The van der Waals surface area contributed by atoms with Gasteiger partial charge in [0.25, 0.3) is 0 Å². The van der Waals surface area contributed by atoms with E-state index in [4.69, 9.17) is 5.73 Å². The monoisotopic (exact) mass is 347 g/mol. The second kappa shape index (κ2) is 4.92. The van der Waals surface area contributed by atoms with Gasteiger partial charge in [0, 0.05) is 18.8 Å². The summed E-state index contributed by atoms with van der Waals surface area (Å²) in [5.74, 6) is 0.966. The van der Waals surface area contributed by atoms with Crippen LogP contribution in [-0.2, 0) is 0 Å². The lowest BCUT2D eigenvalue weighted by Gasteiger charge is -2.35. The molecule has 16 heavy (non-hydrogen) atoms. The van der Waals surface area contributed by atoms with Gasteiger partial charge >= 0.3 is 0 Å². The Bertz CT molecular complexity index is 395. The smallest absolute Gasteiger partial charge is 0.145 e. The van der Waals surface area contributed by atoms with Gasteiger partial charge in [-0.15, -0.1) is 0 Å². The average Bonchev–Trinajstić information content (AvgIpc) is 2.28. The topological polar surface area (TPSA) is 42.2 Å². The highest BCUT2D eigenvalue weighted by Crippen LogP contribution is 2.36. The summed E-state index contributed by atoms with van der Waals surface area (Å²) >= 11 is 6.92. The molecule has 2 heterocycles. The molecule has 1 saturated heterocycles. The fourth-order valence-electron chi connectivity index (χ4n) is 2.08. The van der Waals surface area contributed by atoms with Crippen LogP contribution in [0.5, 0.6) is 0 Å². The summed E-state index contributed by atoms with van der Waals surface area (Å²) < 4.78 is 1.74. The molecular formula is C11H15Br2N3. The average molecular weight is 349 g/mol. The third kappa shape index (κ3) is 2.20. The molecule has 1 aromatic rings. The summed E-state index contributed by atoms with van der Waals surface area (Å²) in [7, 11) is 0. The lowest BCUT2D eigenvalue weighted by atomic mass is 10.0. The van der Waals surface area contributed by atoms with E-state index in [1.165, 1.54) is 19.3 Å². The van der Waals surface area contributed by atoms with Crippen molar-refractivity contribution in [3.05, 3.63) is 15.1 Å². The van der Waals surface area contributed by atoms with Crippen LogP contribution in [0, 0.1) is 0 Å². The van der Waals surface area contributed by atoms with E-state index in [1.54, 1.807) is 6.20 Å². The van der Waals surface area contributed by atoms with Crippen LogP contribution in [0.2, 0.25) is 0 Å². The zero-order valence-electron chi connectivity index (χ0n) is 9.21. The van der Waals surface area contributed by atoms with Crippen molar-refractivity contribution in [1.29, 1.82) is 0 Å². The molecule has 0 amide bonds. The van der Waals surface area contributed by atoms with Gasteiger partial charge in [0.2, 0.25) is 0 Å². The lowest BCUT2D eigenvalue weighted by molar-refractivity contribution is 0.480. The van der Waals surface area contributed by atoms with Crippen LogP contribution < -0.4 is 10.6 Å². The second-order valence-electron chi connectivity index (χ2n) is 4.20. The van der Waals surface area contributed by atoms with Crippen molar-refractivity contribution in [3.63, 3.8) is 0 Å². The molecule has 1 aliphatic rings. The molecule has 0 radical (unpaired) electrons. The molecule has 2 N–H and O–H groups in total. The highest BCUT2D eigenvalue weighted by atomic mass is 79.9. The number of hydrogen-bond acceptors (Lipinski definition) is 3. The predicted molar refractivity (Wildman–Crippen MR) is 74.7 cm³/mol. The van der Waals surface area contributed by atoms with Gasteiger partial charge in [0.1, 0.15) is 5.82 Å². The van der Waals surface area contributed by atoms with E-state index in [2.05, 4.69) is 48.7 Å². The number of anilines is 2. The van der Waals surface area contributed by atoms with Gasteiger partial charge in [-0.2, -0.15) is 0 Å². The summed E-state index contributed by atoms with van der Waals surface area (Å²) in [6.45, 7) is 3.30. The van der Waals surface area contributed by atoms with Gasteiger partial charge in [-0.05, 0) is 58.0 Å². The summed E-state index contributed by atoms with van der Waals surface area (Å²) in [6, 6.07) is 0.540. The van der Waals surface area contributed by atoms with Crippen molar-refractivity contribution in [3.8, 4) is 0 Å². The zero-order valence-corrected chi connectivity index (χ0v) is 12.4. The molecular weight excluding hydrogens is 334 g/mol. The quantitative estimate of drug-likeness (QED) is 0.843. The number of halogens is 2. The Kier molecular flexibility index (Phi) is 3.74. The maximum Gasteiger partial charge on any atom is 0.145 e. The fourth-order valence-corrected chi connectivity index (χ4v) is 3.19. The molecule has 1 fully saturated rings. The van der Waals surface area contributed by atoms with E-state index in [-0.39, 0.29) is 0 Å². The first-order chi connectivity index (χ1) is 7.61. The molecule has 3 nitrogen and oxygen atoms in total. The summed E-state index contributed by atoms with van der Waals surface area (Å²) in [5.41, 5.74) is 6.70. The SMILES string of the molecule is CC1CCCCN1c1ncc(Br)c(N)c1Br. The number of piperidine rings is 1. The van der Waals surface area contributed by atoms with Crippen molar-refractivity contribution < 1.29 is 0 Å². The molecule has 0 saturated carbocycles. The van der Waals surface area contributed by atoms with Crippen LogP contribution in [-0.4, -0.2) is 17.6 Å². The highest BCUT2D eigenvalue weighted by Gasteiger charge is 2.22. The number of pyridine rings is 1. The Labute approximate surface area is 113 Å². The van der Waals surface area contributed by atoms with Crippen LogP contribution in [0.4, 0.5) is 11.5 Å². The second-order valence-corrected chi connectivity index (χ2v) is 5.84. The lowest BCUT2D eigenvalue weighted by Crippen LogP contribution is -2.38. The molecule has 0 aliphatic carbocycles. The van der Waals surface area contributed by atoms with Crippen molar-refractivity contribution in [1.82, 2.24) is 4.98 Å². The Hall–Kier alpha value is -0.290. The molecule has 0 spiro atoms. The van der Waals surface area contributed by atoms with E-state index < -0.39 is 0 Å². The number of nitrogen functional groups attached to an aromatic ring is 1. The number of rotatable bonds is 1. The van der Waals surface area contributed by atoms with E-state index in [0.717, 1.165) is 27.0 Å². The molecule has 0 aromatic carbocycles. The van der Waals surface area contributed by atoms with E-state index in [1.807, 2.05) is 0 Å². The molecule has 5 heteroatoms. The minimum atomic E-state index is 0.540. The van der Waals surface area contributed by atoms with Gasteiger partial charge in [-0.25, -0.2) is 4.98 Å². The number of hydrogen-bond donors (Lipinski definition) is 1. The van der Waals surface area contributed by atoms with Crippen LogP contribution in [0.15, 0.2) is 15.1 Å². The molecule has 1 atom stereocenters. The Morgan fingerprint density at radius 2 is 2.19 bits per heavy atom. The van der Waals surface area contributed by atoms with Gasteiger partial charge < -0.3 is 10.6 Å². The first-order valence-electron chi connectivity index (χ1n) is 5.47. The minimum Gasteiger partial charge on any atom is -0.397 e. The summed E-state index contributed by atoms with van der Waals surface area (Å²) in [5, 5.41) is 0. The Morgan fingerprint density at radius 1 is 1.44 bits per heavy atom. The molecule has 0 bridgehead atoms. The number of aromatic nitrogens is 1. The van der Waals surface area contributed by atoms with Gasteiger partial charge in [0.05, 0.1) is 14.6 Å². The zero-order chi connectivity index (χ0) is 11.7. The first kappa shape index (κ1) is 12.2. The predicted octanol–water partition coefficient (Wildman–Crippen LogP) is 3.57. The fraction of sp³-hybridized carbons (Fsp3) is 0.545. The van der Waals surface area contributed by atoms with Crippen molar-refractivity contribution >= 4 is 43.4 Å². The number of nitrogens with two attached hydrogens (primary N) is 1. The summed E-state index contributed by atoms with van der Waals surface area (Å²) in [6.07, 6.45) is 5.54. The Morgan fingerprint density at radius 3 is 2.88 bits per heavy atom. The molecule has 88 valence electrons. The maximum atomic E-state index is 5.97. The van der Waals surface area contributed by atoms with Crippen LogP contribution in [0.1, 0.15) is 26.2 Å². The number of nitrogens with zero attached hydrogens (tertiary/aromatic N) is 2. The normalized spacial score (nSPS) is 21.2. The van der Waals surface area contributed by atoms with Gasteiger partial charge in [-0.3, -0.25) is 0 Å². The minimum absolute atomic E-state index is 0.540.